The molecule has 1 atom stereocenters. The van der Waals surface area contributed by atoms with Crippen molar-refractivity contribution >= 4 is 5.91 Å². The van der Waals surface area contributed by atoms with E-state index in [0.717, 1.165) is 18.5 Å². The molecule has 0 spiro atoms. The van der Waals surface area contributed by atoms with Gasteiger partial charge in [-0.1, -0.05) is 30.3 Å². The maximum Gasteiger partial charge on any atom is 0.255 e. The fourth-order valence-electron chi connectivity index (χ4n) is 3.64. The summed E-state index contributed by atoms with van der Waals surface area (Å²) < 4.78 is 0. The number of aromatic nitrogens is 1. The zero-order valence-electron chi connectivity index (χ0n) is 15.2. The number of amides is 1. The Morgan fingerprint density at radius 3 is 2.80 bits per heavy atom. The van der Waals surface area contributed by atoms with Gasteiger partial charge in [0.25, 0.3) is 5.91 Å². The van der Waals surface area contributed by atoms with Crippen molar-refractivity contribution in [2.75, 3.05) is 27.2 Å². The average Bonchev–Trinajstić information content (AvgIpc) is 2.62. The van der Waals surface area contributed by atoms with Crippen LogP contribution < -0.4 is 0 Å². The lowest BCUT2D eigenvalue weighted by molar-refractivity contribution is 0.0784. The van der Waals surface area contributed by atoms with Gasteiger partial charge in [-0.05, 0) is 56.0 Å². The second-order valence-electron chi connectivity index (χ2n) is 7.20. The third-order valence-corrected chi connectivity index (χ3v) is 4.90. The number of hydrogen-bond acceptors (Lipinski definition) is 3. The number of hydrogen-bond donors (Lipinski definition) is 0. The molecule has 132 valence electrons. The van der Waals surface area contributed by atoms with E-state index in [2.05, 4.69) is 16.9 Å². The summed E-state index contributed by atoms with van der Waals surface area (Å²) in [5.74, 6) is 0.687. The maximum atomic E-state index is 12.7. The van der Waals surface area contributed by atoms with Gasteiger partial charge in [0.05, 0.1) is 5.56 Å². The Morgan fingerprint density at radius 2 is 2.04 bits per heavy atom. The van der Waals surface area contributed by atoms with Gasteiger partial charge in [0.2, 0.25) is 0 Å². The summed E-state index contributed by atoms with van der Waals surface area (Å²) in [5.41, 5.74) is 2.98. The molecule has 1 fully saturated rings. The first kappa shape index (κ1) is 17.6. The molecule has 0 aliphatic carbocycles. The molecule has 4 nitrogen and oxygen atoms in total. The minimum absolute atomic E-state index is 0.0268. The van der Waals surface area contributed by atoms with Crippen LogP contribution in [0, 0.1) is 5.92 Å². The van der Waals surface area contributed by atoms with Gasteiger partial charge in [-0.2, -0.15) is 0 Å². The molecule has 1 aromatic carbocycles. The van der Waals surface area contributed by atoms with Crippen molar-refractivity contribution in [3.8, 4) is 0 Å². The quantitative estimate of drug-likeness (QED) is 0.840. The Morgan fingerprint density at radius 1 is 1.24 bits per heavy atom. The maximum absolute atomic E-state index is 12.7. The third-order valence-electron chi connectivity index (χ3n) is 4.90. The van der Waals surface area contributed by atoms with E-state index in [1.807, 2.05) is 49.6 Å². The van der Waals surface area contributed by atoms with Crippen LogP contribution in [0.5, 0.6) is 0 Å². The van der Waals surface area contributed by atoms with E-state index >= 15 is 0 Å². The highest BCUT2D eigenvalue weighted by Crippen LogP contribution is 2.20. The molecule has 0 N–H and O–H groups in total. The standard InChI is InChI=1S/C21H27N3O/c1-23-10-6-9-18(15-23)11-19-12-20(14-22-13-19)21(25)24(2)16-17-7-4-3-5-8-17/h3-5,7-8,12-14,18H,6,9-11,15-16H2,1-2H3. The van der Waals surface area contributed by atoms with Crippen molar-refractivity contribution in [1.29, 1.82) is 0 Å². The van der Waals surface area contributed by atoms with E-state index in [4.69, 9.17) is 0 Å². The van der Waals surface area contributed by atoms with Crippen LogP contribution in [0.2, 0.25) is 0 Å². The molecule has 1 aliphatic heterocycles. The lowest BCUT2D eigenvalue weighted by atomic mass is 9.92. The van der Waals surface area contributed by atoms with Crippen LogP contribution in [0.25, 0.3) is 0 Å². The van der Waals surface area contributed by atoms with Crippen LogP contribution in [-0.2, 0) is 13.0 Å². The van der Waals surface area contributed by atoms with Gasteiger partial charge >= 0.3 is 0 Å². The highest BCUT2D eigenvalue weighted by atomic mass is 16.2. The predicted molar refractivity (Wildman–Crippen MR) is 100 cm³/mol. The Labute approximate surface area is 150 Å². The van der Waals surface area contributed by atoms with Crippen molar-refractivity contribution in [3.05, 3.63) is 65.5 Å². The molecule has 1 amide bonds. The van der Waals surface area contributed by atoms with E-state index in [1.54, 1.807) is 11.1 Å². The van der Waals surface area contributed by atoms with Gasteiger partial charge in [0.15, 0.2) is 0 Å². The topological polar surface area (TPSA) is 36.4 Å². The van der Waals surface area contributed by atoms with Crippen molar-refractivity contribution in [2.45, 2.75) is 25.8 Å². The molecule has 1 aliphatic rings. The second-order valence-corrected chi connectivity index (χ2v) is 7.20. The molecule has 2 aromatic rings. The van der Waals surface area contributed by atoms with Gasteiger partial charge in [-0.15, -0.1) is 0 Å². The molecular weight excluding hydrogens is 310 g/mol. The number of likely N-dealkylation sites (tertiary alicyclic amines) is 1. The Balaban J connectivity index is 1.64. The van der Waals surface area contributed by atoms with Crippen LogP contribution in [-0.4, -0.2) is 47.9 Å². The number of carbonyl (C=O) groups excluding carboxylic acids is 1. The van der Waals surface area contributed by atoms with Crippen molar-refractivity contribution < 1.29 is 4.79 Å². The number of rotatable bonds is 5. The molecule has 0 bridgehead atoms. The number of benzene rings is 1. The zero-order chi connectivity index (χ0) is 17.6. The van der Waals surface area contributed by atoms with Crippen molar-refractivity contribution in [3.63, 3.8) is 0 Å². The number of nitrogens with zero attached hydrogens (tertiary/aromatic N) is 3. The molecule has 4 heteroatoms. The minimum atomic E-state index is 0.0268. The Kier molecular flexibility index (Phi) is 5.82. The lowest BCUT2D eigenvalue weighted by Crippen LogP contribution is -2.33. The molecular formula is C21H27N3O. The number of piperidine rings is 1. The van der Waals surface area contributed by atoms with Gasteiger partial charge in [-0.25, -0.2) is 0 Å². The summed E-state index contributed by atoms with van der Waals surface area (Å²) >= 11 is 0. The zero-order valence-corrected chi connectivity index (χ0v) is 15.2. The van der Waals surface area contributed by atoms with E-state index in [1.165, 1.54) is 24.9 Å². The molecule has 0 saturated carbocycles. The molecule has 1 unspecified atom stereocenters. The number of carbonyl (C=O) groups is 1. The van der Waals surface area contributed by atoms with Crippen LogP contribution in [0.3, 0.4) is 0 Å². The second kappa shape index (κ2) is 8.26. The van der Waals surface area contributed by atoms with Crippen molar-refractivity contribution in [1.82, 2.24) is 14.8 Å². The monoisotopic (exact) mass is 337 g/mol. The first-order valence-electron chi connectivity index (χ1n) is 9.03. The van der Waals surface area contributed by atoms with E-state index in [0.29, 0.717) is 18.0 Å². The average molecular weight is 337 g/mol. The Bertz CT molecular complexity index is 701. The molecule has 3 rings (SSSR count). The SMILES string of the molecule is CN1CCCC(Cc2cncc(C(=O)N(C)Cc3ccccc3)c2)C1. The molecule has 25 heavy (non-hydrogen) atoms. The van der Waals surface area contributed by atoms with E-state index < -0.39 is 0 Å². The first-order valence-corrected chi connectivity index (χ1v) is 9.03. The van der Waals surface area contributed by atoms with Gasteiger partial charge < -0.3 is 9.80 Å². The summed E-state index contributed by atoms with van der Waals surface area (Å²) in [5, 5.41) is 0. The van der Waals surface area contributed by atoms with Gasteiger partial charge in [0, 0.05) is 32.5 Å². The summed E-state index contributed by atoms with van der Waals surface area (Å²) in [6, 6.07) is 12.1. The van der Waals surface area contributed by atoms with E-state index in [-0.39, 0.29) is 5.91 Å². The van der Waals surface area contributed by atoms with Crippen LogP contribution in [0.1, 0.15) is 34.3 Å². The summed E-state index contributed by atoms with van der Waals surface area (Å²) in [7, 11) is 4.03. The molecule has 0 radical (unpaired) electrons. The van der Waals surface area contributed by atoms with Crippen LogP contribution in [0.15, 0.2) is 48.8 Å². The van der Waals surface area contributed by atoms with E-state index in [9.17, 15) is 4.79 Å². The molecule has 2 heterocycles. The first-order chi connectivity index (χ1) is 12.1. The largest absolute Gasteiger partial charge is 0.337 e. The highest BCUT2D eigenvalue weighted by molar-refractivity contribution is 5.93. The van der Waals surface area contributed by atoms with Gasteiger partial charge in [-0.3, -0.25) is 9.78 Å². The minimum Gasteiger partial charge on any atom is -0.337 e. The van der Waals surface area contributed by atoms with Crippen LogP contribution >= 0.6 is 0 Å². The third kappa shape index (κ3) is 4.89. The predicted octanol–water partition coefficient (Wildman–Crippen LogP) is 3.24. The molecule has 1 aromatic heterocycles. The fourth-order valence-corrected chi connectivity index (χ4v) is 3.64. The smallest absolute Gasteiger partial charge is 0.255 e. The summed E-state index contributed by atoms with van der Waals surface area (Å²) in [6.45, 7) is 2.93. The highest BCUT2D eigenvalue weighted by Gasteiger charge is 2.19. The van der Waals surface area contributed by atoms with Crippen LogP contribution in [0.4, 0.5) is 0 Å². The normalized spacial score (nSPS) is 18.1. The summed E-state index contributed by atoms with van der Waals surface area (Å²) in [6.07, 6.45) is 7.10. The number of pyridine rings is 1. The lowest BCUT2D eigenvalue weighted by Gasteiger charge is -2.29. The molecule has 1 saturated heterocycles. The fraction of sp³-hybridized carbons (Fsp3) is 0.429. The summed E-state index contributed by atoms with van der Waals surface area (Å²) in [4.78, 5) is 21.2. The van der Waals surface area contributed by atoms with Gasteiger partial charge in [0.1, 0.15) is 0 Å². The van der Waals surface area contributed by atoms with Crippen molar-refractivity contribution in [2.24, 2.45) is 5.92 Å². The Hall–Kier alpha value is -2.20.